The van der Waals surface area contributed by atoms with E-state index in [9.17, 15) is 22.8 Å². The van der Waals surface area contributed by atoms with Crippen LogP contribution in [0.5, 0.6) is 0 Å². The number of fused-ring (bicyclic) bond motifs is 1. The van der Waals surface area contributed by atoms with E-state index in [1.165, 1.54) is 11.0 Å². The third-order valence-electron chi connectivity index (χ3n) is 4.92. The summed E-state index contributed by atoms with van der Waals surface area (Å²) in [7, 11) is 0. The van der Waals surface area contributed by atoms with Crippen LogP contribution in [0.4, 0.5) is 13.2 Å². The van der Waals surface area contributed by atoms with Gasteiger partial charge in [0.05, 0.1) is 28.9 Å². The highest BCUT2D eigenvalue weighted by Crippen LogP contribution is 2.33. The van der Waals surface area contributed by atoms with E-state index >= 15 is 0 Å². The van der Waals surface area contributed by atoms with Gasteiger partial charge in [0.1, 0.15) is 0 Å². The molecule has 0 unspecified atom stereocenters. The van der Waals surface area contributed by atoms with Crippen LogP contribution in [0.1, 0.15) is 24.0 Å². The molecule has 3 aromatic rings. The van der Waals surface area contributed by atoms with Crippen molar-refractivity contribution >= 4 is 34.6 Å². The fourth-order valence-corrected chi connectivity index (χ4v) is 4.32. The Bertz CT molecular complexity index is 1100. The van der Waals surface area contributed by atoms with Gasteiger partial charge >= 0.3 is 6.18 Å². The Morgan fingerprint density at radius 2 is 1.90 bits per heavy atom. The highest BCUT2D eigenvalue weighted by Gasteiger charge is 2.31. The van der Waals surface area contributed by atoms with Crippen LogP contribution in [0.25, 0.3) is 11.0 Å². The zero-order chi connectivity index (χ0) is 21.3. The maximum absolute atomic E-state index is 13.1. The molecule has 0 N–H and O–H groups in total. The molecule has 1 aliphatic rings. The van der Waals surface area contributed by atoms with Gasteiger partial charge in [-0.05, 0) is 30.2 Å². The topological polar surface area (TPSA) is 55.2 Å². The number of thioether (sulfide) groups is 1. The van der Waals surface area contributed by atoms with Crippen LogP contribution in [0, 0.1) is 0 Å². The van der Waals surface area contributed by atoms with Gasteiger partial charge in [-0.15, -0.1) is 0 Å². The van der Waals surface area contributed by atoms with Crippen molar-refractivity contribution in [3.8, 4) is 0 Å². The van der Waals surface area contributed by atoms with E-state index in [0.717, 1.165) is 29.5 Å². The molecule has 2 amide bonds. The molecule has 1 aromatic heterocycles. The quantitative estimate of drug-likeness (QED) is 0.562. The van der Waals surface area contributed by atoms with Crippen LogP contribution in [0.2, 0.25) is 0 Å². The van der Waals surface area contributed by atoms with Crippen molar-refractivity contribution in [1.82, 2.24) is 14.5 Å². The second-order valence-corrected chi connectivity index (χ2v) is 7.94. The Kier molecular flexibility index (Phi) is 5.55. The van der Waals surface area contributed by atoms with Gasteiger partial charge in [-0.1, -0.05) is 42.1 Å². The number of amides is 2. The first-order chi connectivity index (χ1) is 14.3. The molecule has 1 aliphatic heterocycles. The fraction of sp³-hybridized carbons (Fsp3) is 0.286. The number of carbonyl (C=O) groups is 2. The molecular weight excluding hydrogens is 415 g/mol. The third kappa shape index (κ3) is 4.21. The molecule has 9 heteroatoms. The SMILES string of the molecule is O=C1CCCN1C(=O)CSc1nc2cc(C(F)(F)F)ccc2n1Cc1ccccc1. The first-order valence-electron chi connectivity index (χ1n) is 9.40. The maximum Gasteiger partial charge on any atom is 0.416 e. The Labute approximate surface area is 174 Å². The van der Waals surface area contributed by atoms with Gasteiger partial charge in [0.25, 0.3) is 0 Å². The third-order valence-corrected chi connectivity index (χ3v) is 5.88. The predicted octanol–water partition coefficient (Wildman–Crippen LogP) is 4.34. The van der Waals surface area contributed by atoms with E-state index in [1.807, 2.05) is 30.3 Å². The van der Waals surface area contributed by atoms with E-state index in [2.05, 4.69) is 4.98 Å². The minimum atomic E-state index is -4.46. The number of alkyl halides is 3. The maximum atomic E-state index is 13.1. The van der Waals surface area contributed by atoms with Gasteiger partial charge < -0.3 is 4.57 Å². The zero-order valence-electron chi connectivity index (χ0n) is 15.9. The van der Waals surface area contributed by atoms with Crippen LogP contribution < -0.4 is 0 Å². The smallest absolute Gasteiger partial charge is 0.314 e. The molecule has 4 rings (SSSR count). The summed E-state index contributed by atoms with van der Waals surface area (Å²) in [6.07, 6.45) is -3.44. The van der Waals surface area contributed by atoms with Crippen LogP contribution in [0.3, 0.4) is 0 Å². The number of rotatable bonds is 5. The van der Waals surface area contributed by atoms with Crippen molar-refractivity contribution in [3.63, 3.8) is 0 Å². The van der Waals surface area contributed by atoms with E-state index in [0.29, 0.717) is 36.6 Å². The lowest BCUT2D eigenvalue weighted by Crippen LogP contribution is -2.33. The van der Waals surface area contributed by atoms with E-state index in [4.69, 9.17) is 0 Å². The van der Waals surface area contributed by atoms with Gasteiger partial charge in [-0.3, -0.25) is 14.5 Å². The normalized spacial score (nSPS) is 14.6. The van der Waals surface area contributed by atoms with Gasteiger partial charge in [-0.2, -0.15) is 13.2 Å². The Balaban J connectivity index is 1.66. The predicted molar refractivity (Wildman–Crippen MR) is 107 cm³/mol. The number of imidazole rings is 1. The lowest BCUT2D eigenvalue weighted by molar-refractivity contribution is -0.140. The highest BCUT2D eigenvalue weighted by atomic mass is 32.2. The van der Waals surface area contributed by atoms with Crippen molar-refractivity contribution in [2.75, 3.05) is 12.3 Å². The summed E-state index contributed by atoms with van der Waals surface area (Å²) in [5.74, 6) is -0.499. The second-order valence-electron chi connectivity index (χ2n) is 7.00. The molecule has 0 radical (unpaired) electrons. The van der Waals surface area contributed by atoms with Crippen molar-refractivity contribution in [2.24, 2.45) is 0 Å². The van der Waals surface area contributed by atoms with Crippen molar-refractivity contribution in [3.05, 3.63) is 59.7 Å². The number of benzene rings is 2. The van der Waals surface area contributed by atoms with E-state index in [-0.39, 0.29) is 23.1 Å². The molecule has 156 valence electrons. The monoisotopic (exact) mass is 433 g/mol. The number of aromatic nitrogens is 2. The molecule has 2 aromatic carbocycles. The summed E-state index contributed by atoms with van der Waals surface area (Å²) in [4.78, 5) is 29.8. The van der Waals surface area contributed by atoms with Gasteiger partial charge in [0.2, 0.25) is 11.8 Å². The molecule has 0 aliphatic carbocycles. The summed E-state index contributed by atoms with van der Waals surface area (Å²) in [5.41, 5.74) is 0.959. The molecule has 0 bridgehead atoms. The molecule has 0 spiro atoms. The molecular formula is C21H18F3N3O2S. The number of imide groups is 1. The van der Waals surface area contributed by atoms with Crippen LogP contribution >= 0.6 is 11.8 Å². The molecule has 0 saturated carbocycles. The second kappa shape index (κ2) is 8.14. The molecule has 5 nitrogen and oxygen atoms in total. The summed E-state index contributed by atoms with van der Waals surface area (Å²) < 4.78 is 41.1. The first-order valence-corrected chi connectivity index (χ1v) is 10.4. The lowest BCUT2D eigenvalue weighted by atomic mass is 10.2. The first kappa shape index (κ1) is 20.5. The van der Waals surface area contributed by atoms with Gasteiger partial charge in [-0.25, -0.2) is 4.98 Å². The molecule has 0 atom stereocenters. The lowest BCUT2D eigenvalue weighted by Gasteiger charge is -2.13. The number of hydrogen-bond acceptors (Lipinski definition) is 4. The molecule has 30 heavy (non-hydrogen) atoms. The summed E-state index contributed by atoms with van der Waals surface area (Å²) >= 11 is 1.13. The van der Waals surface area contributed by atoms with Gasteiger partial charge in [0, 0.05) is 13.0 Å². The molecule has 1 fully saturated rings. The number of halogens is 3. The fourth-order valence-electron chi connectivity index (χ4n) is 3.43. The van der Waals surface area contributed by atoms with Crippen molar-refractivity contribution in [1.29, 1.82) is 0 Å². The van der Waals surface area contributed by atoms with E-state index < -0.39 is 11.7 Å². The largest absolute Gasteiger partial charge is 0.416 e. The summed E-state index contributed by atoms with van der Waals surface area (Å²) in [6, 6.07) is 12.9. The average Bonchev–Trinajstić information content (AvgIpc) is 3.29. The van der Waals surface area contributed by atoms with Crippen LogP contribution in [-0.4, -0.2) is 38.6 Å². The van der Waals surface area contributed by atoms with Gasteiger partial charge in [0.15, 0.2) is 5.16 Å². The number of likely N-dealkylation sites (tertiary alicyclic amines) is 1. The number of nitrogens with zero attached hydrogens (tertiary/aromatic N) is 3. The van der Waals surface area contributed by atoms with Crippen LogP contribution in [-0.2, 0) is 22.3 Å². The molecule has 1 saturated heterocycles. The number of carbonyl (C=O) groups excluding carboxylic acids is 2. The Hall–Kier alpha value is -2.81. The summed E-state index contributed by atoms with van der Waals surface area (Å²) in [5, 5.41) is 0.438. The minimum absolute atomic E-state index is 0.00399. The van der Waals surface area contributed by atoms with Crippen molar-refractivity contribution in [2.45, 2.75) is 30.7 Å². The highest BCUT2D eigenvalue weighted by molar-refractivity contribution is 7.99. The zero-order valence-corrected chi connectivity index (χ0v) is 16.7. The minimum Gasteiger partial charge on any atom is -0.314 e. The number of hydrogen-bond donors (Lipinski definition) is 0. The standard InChI is InChI=1S/C21H18F3N3O2S/c22-21(23,24)15-8-9-17-16(11-15)25-20(27(17)12-14-5-2-1-3-6-14)30-13-19(29)26-10-4-7-18(26)28/h1-3,5-6,8-9,11H,4,7,10,12-13H2. The summed E-state index contributed by atoms with van der Waals surface area (Å²) in [6.45, 7) is 0.815. The Morgan fingerprint density at radius 1 is 1.13 bits per heavy atom. The average molecular weight is 433 g/mol. The van der Waals surface area contributed by atoms with Crippen molar-refractivity contribution < 1.29 is 22.8 Å². The molecule has 2 heterocycles. The van der Waals surface area contributed by atoms with Crippen LogP contribution in [0.15, 0.2) is 53.7 Å². The van der Waals surface area contributed by atoms with E-state index in [1.54, 1.807) is 4.57 Å². The Morgan fingerprint density at radius 3 is 2.57 bits per heavy atom.